The van der Waals surface area contributed by atoms with E-state index < -0.39 is 27.1 Å². The van der Waals surface area contributed by atoms with E-state index >= 15 is 0 Å². The number of carbonyl (C=O) groups is 1. The van der Waals surface area contributed by atoms with Gasteiger partial charge in [0.1, 0.15) is 0 Å². The highest BCUT2D eigenvalue weighted by Gasteiger charge is 2.46. The first kappa shape index (κ1) is 17.4. The molecule has 0 saturated carbocycles. The van der Waals surface area contributed by atoms with Gasteiger partial charge in [-0.3, -0.25) is 4.79 Å². The standard InChI is InChI=1S/C13H26N2O4S/c1-10-6-8-15(9-7-10)20(18,19)14-13(4,5)12(2,3)11(16)17/h10,14H,6-9H2,1-5H3,(H,16,17). The topological polar surface area (TPSA) is 86.7 Å². The van der Waals surface area contributed by atoms with E-state index in [1.165, 1.54) is 18.2 Å². The molecule has 1 saturated heterocycles. The molecule has 0 aromatic rings. The molecule has 7 heteroatoms. The van der Waals surface area contributed by atoms with Crippen molar-refractivity contribution in [3.63, 3.8) is 0 Å². The Bertz CT molecular complexity index is 463. The van der Waals surface area contributed by atoms with Gasteiger partial charge in [-0.05, 0) is 46.5 Å². The Kier molecular flexibility index (Phi) is 4.88. The second-order valence-corrected chi connectivity index (χ2v) is 8.41. The van der Waals surface area contributed by atoms with E-state index in [9.17, 15) is 18.3 Å². The fourth-order valence-corrected chi connectivity index (χ4v) is 3.73. The number of rotatable bonds is 5. The van der Waals surface area contributed by atoms with E-state index in [2.05, 4.69) is 11.6 Å². The zero-order chi connectivity index (χ0) is 15.8. The van der Waals surface area contributed by atoms with E-state index in [0.717, 1.165) is 12.8 Å². The molecule has 1 heterocycles. The molecule has 0 radical (unpaired) electrons. The third-order valence-electron chi connectivity index (χ3n) is 4.56. The zero-order valence-corrected chi connectivity index (χ0v) is 13.7. The van der Waals surface area contributed by atoms with Gasteiger partial charge in [-0.15, -0.1) is 0 Å². The van der Waals surface area contributed by atoms with Crippen LogP contribution in [0, 0.1) is 11.3 Å². The van der Waals surface area contributed by atoms with Gasteiger partial charge >= 0.3 is 5.97 Å². The summed E-state index contributed by atoms with van der Waals surface area (Å²) in [5.41, 5.74) is -2.29. The summed E-state index contributed by atoms with van der Waals surface area (Å²) in [6.07, 6.45) is 1.67. The molecule has 1 fully saturated rings. The smallest absolute Gasteiger partial charge is 0.310 e. The maximum atomic E-state index is 12.4. The summed E-state index contributed by atoms with van der Waals surface area (Å²) >= 11 is 0. The fourth-order valence-electron chi connectivity index (χ4n) is 2.01. The van der Waals surface area contributed by atoms with Crippen LogP contribution in [0.1, 0.15) is 47.5 Å². The molecule has 1 rings (SSSR count). The second kappa shape index (κ2) is 5.61. The van der Waals surface area contributed by atoms with E-state index in [-0.39, 0.29) is 0 Å². The van der Waals surface area contributed by atoms with Crippen LogP contribution < -0.4 is 4.72 Å². The molecular weight excluding hydrogens is 280 g/mol. The number of carboxylic acids is 1. The van der Waals surface area contributed by atoms with Crippen LogP contribution in [0.3, 0.4) is 0 Å². The van der Waals surface area contributed by atoms with E-state index in [0.29, 0.717) is 19.0 Å². The first-order valence-corrected chi connectivity index (χ1v) is 8.36. The van der Waals surface area contributed by atoms with E-state index in [1.54, 1.807) is 13.8 Å². The maximum absolute atomic E-state index is 12.4. The molecule has 2 N–H and O–H groups in total. The average Bonchev–Trinajstić information content (AvgIpc) is 2.27. The minimum absolute atomic E-state index is 0.486. The highest BCUT2D eigenvalue weighted by molar-refractivity contribution is 7.87. The molecule has 0 aliphatic carbocycles. The van der Waals surface area contributed by atoms with Crippen LogP contribution in [0.25, 0.3) is 0 Å². The second-order valence-electron chi connectivity index (χ2n) is 6.74. The number of hydrogen-bond acceptors (Lipinski definition) is 3. The first-order valence-electron chi connectivity index (χ1n) is 6.92. The lowest BCUT2D eigenvalue weighted by Gasteiger charge is -2.40. The third kappa shape index (κ3) is 3.51. The number of nitrogens with zero attached hydrogens (tertiary/aromatic N) is 1. The van der Waals surface area contributed by atoms with E-state index in [4.69, 9.17) is 0 Å². The van der Waals surface area contributed by atoms with Crippen LogP contribution in [0.4, 0.5) is 0 Å². The molecule has 118 valence electrons. The van der Waals surface area contributed by atoms with Crippen LogP contribution in [0.5, 0.6) is 0 Å². The zero-order valence-electron chi connectivity index (χ0n) is 12.9. The molecule has 1 aliphatic rings. The molecule has 6 nitrogen and oxygen atoms in total. The minimum Gasteiger partial charge on any atom is -0.481 e. The summed E-state index contributed by atoms with van der Waals surface area (Å²) in [6.45, 7) is 9.33. The van der Waals surface area contributed by atoms with Crippen LogP contribution in [-0.4, -0.2) is 42.4 Å². The van der Waals surface area contributed by atoms with Gasteiger partial charge in [0, 0.05) is 18.6 Å². The predicted octanol–water partition coefficient (Wildman–Crippen LogP) is 1.44. The molecule has 0 amide bonds. The summed E-state index contributed by atoms with van der Waals surface area (Å²) in [5.74, 6) is -0.498. The van der Waals surface area contributed by atoms with Gasteiger partial charge in [-0.1, -0.05) is 6.92 Å². The van der Waals surface area contributed by atoms with E-state index in [1.807, 2.05) is 0 Å². The minimum atomic E-state index is -3.66. The van der Waals surface area contributed by atoms with Gasteiger partial charge in [-0.2, -0.15) is 17.4 Å². The van der Waals surface area contributed by atoms with Crippen molar-refractivity contribution in [1.82, 2.24) is 9.03 Å². The average molecular weight is 306 g/mol. The number of hydrogen-bond donors (Lipinski definition) is 2. The van der Waals surface area contributed by atoms with Crippen LogP contribution in [0.15, 0.2) is 0 Å². The number of piperidine rings is 1. The Morgan fingerprint density at radius 3 is 2.05 bits per heavy atom. The molecule has 0 aromatic carbocycles. The van der Waals surface area contributed by atoms with Crippen molar-refractivity contribution in [3.8, 4) is 0 Å². The SMILES string of the molecule is CC1CCN(S(=O)(=O)NC(C)(C)C(C)(C)C(=O)O)CC1. The fraction of sp³-hybridized carbons (Fsp3) is 0.923. The molecule has 0 spiro atoms. The van der Waals surface area contributed by atoms with Crippen LogP contribution >= 0.6 is 0 Å². The van der Waals surface area contributed by atoms with Crippen molar-refractivity contribution in [2.24, 2.45) is 11.3 Å². The van der Waals surface area contributed by atoms with Crippen molar-refractivity contribution in [3.05, 3.63) is 0 Å². The molecule has 0 bridgehead atoms. The number of nitrogens with one attached hydrogen (secondary N) is 1. The lowest BCUT2D eigenvalue weighted by Crippen LogP contribution is -2.60. The molecule has 0 atom stereocenters. The first-order chi connectivity index (χ1) is 8.90. The van der Waals surface area contributed by atoms with Gasteiger partial charge < -0.3 is 5.11 Å². The summed E-state index contributed by atoms with van der Waals surface area (Å²) < 4.78 is 28.8. The predicted molar refractivity (Wildman–Crippen MR) is 77.5 cm³/mol. The lowest BCUT2D eigenvalue weighted by molar-refractivity contribution is -0.150. The molecule has 1 aliphatic heterocycles. The van der Waals surface area contributed by atoms with Gasteiger partial charge in [0.15, 0.2) is 0 Å². The van der Waals surface area contributed by atoms with Crippen LogP contribution in [-0.2, 0) is 15.0 Å². The van der Waals surface area contributed by atoms with Gasteiger partial charge in [0.25, 0.3) is 10.2 Å². The Balaban J connectivity index is 2.88. The lowest BCUT2D eigenvalue weighted by atomic mass is 9.75. The summed E-state index contributed by atoms with van der Waals surface area (Å²) in [5, 5.41) is 9.27. The Hall–Kier alpha value is -0.660. The van der Waals surface area contributed by atoms with Crippen LogP contribution in [0.2, 0.25) is 0 Å². The maximum Gasteiger partial charge on any atom is 0.310 e. The Morgan fingerprint density at radius 2 is 1.65 bits per heavy atom. The van der Waals surface area contributed by atoms with Gasteiger partial charge in [0.2, 0.25) is 0 Å². The molecule has 20 heavy (non-hydrogen) atoms. The third-order valence-corrected chi connectivity index (χ3v) is 6.38. The number of carboxylic acid groups (broad SMARTS) is 1. The Morgan fingerprint density at radius 1 is 1.20 bits per heavy atom. The summed E-state index contributed by atoms with van der Waals surface area (Å²) in [6, 6.07) is 0. The monoisotopic (exact) mass is 306 g/mol. The summed E-state index contributed by atoms with van der Waals surface area (Å²) in [7, 11) is -3.66. The Labute approximate surface area is 121 Å². The van der Waals surface area contributed by atoms with Crippen molar-refractivity contribution in [2.45, 2.75) is 53.0 Å². The normalized spacial score (nSPS) is 20.1. The highest BCUT2D eigenvalue weighted by atomic mass is 32.2. The van der Waals surface area contributed by atoms with Gasteiger partial charge in [-0.25, -0.2) is 0 Å². The molecule has 0 unspecified atom stereocenters. The van der Waals surface area contributed by atoms with Crippen molar-refractivity contribution in [2.75, 3.05) is 13.1 Å². The van der Waals surface area contributed by atoms with Crippen molar-refractivity contribution >= 4 is 16.2 Å². The molecule has 0 aromatic heterocycles. The quantitative estimate of drug-likeness (QED) is 0.804. The molecular formula is C13H26N2O4S. The van der Waals surface area contributed by atoms with Gasteiger partial charge in [0.05, 0.1) is 5.41 Å². The van der Waals surface area contributed by atoms with Crippen molar-refractivity contribution in [1.29, 1.82) is 0 Å². The summed E-state index contributed by atoms with van der Waals surface area (Å²) in [4.78, 5) is 11.3. The van der Waals surface area contributed by atoms with Crippen molar-refractivity contribution < 1.29 is 18.3 Å². The number of aliphatic carboxylic acids is 1. The highest BCUT2D eigenvalue weighted by Crippen LogP contribution is 2.32. The largest absolute Gasteiger partial charge is 0.481 e.